The summed E-state index contributed by atoms with van der Waals surface area (Å²) in [6.07, 6.45) is 1.01. The summed E-state index contributed by atoms with van der Waals surface area (Å²) in [7, 11) is -3.03. The van der Waals surface area contributed by atoms with Crippen LogP contribution in [0.25, 0.3) is 10.4 Å². The largest absolute Gasteiger partial charge is 0.337 e. The van der Waals surface area contributed by atoms with Crippen LogP contribution in [0.5, 0.6) is 0 Å². The topological polar surface area (TPSA) is 67.3 Å². The van der Waals surface area contributed by atoms with Gasteiger partial charge in [-0.15, -0.1) is 11.3 Å². The number of nitrogens with zero attached hydrogens (tertiary/aromatic N) is 2. The second kappa shape index (κ2) is 7.03. The van der Waals surface area contributed by atoms with Gasteiger partial charge in [-0.25, -0.2) is 13.4 Å². The standard InChI is InChI=1S/C17H20N2O3S2/c1-2-24(21,22)14-8-10-19(11-9-14)17(20)15-16(23-12-18-15)13-6-4-3-5-7-13/h3-7,12,14H,2,8-11H2,1H3. The molecule has 0 saturated carbocycles. The van der Waals surface area contributed by atoms with E-state index >= 15 is 0 Å². The maximum Gasteiger partial charge on any atom is 0.273 e. The lowest BCUT2D eigenvalue weighted by atomic mass is 10.1. The maximum atomic E-state index is 12.8. The molecular formula is C17H20N2O3S2. The summed E-state index contributed by atoms with van der Waals surface area (Å²) in [4.78, 5) is 19.7. The molecule has 2 heterocycles. The average molecular weight is 364 g/mol. The molecule has 1 aliphatic rings. The van der Waals surface area contributed by atoms with Crippen LogP contribution < -0.4 is 0 Å². The van der Waals surface area contributed by atoms with Gasteiger partial charge in [-0.05, 0) is 18.4 Å². The van der Waals surface area contributed by atoms with Crippen molar-refractivity contribution in [2.45, 2.75) is 25.0 Å². The third-order valence-corrected chi connectivity index (χ3v) is 7.61. The van der Waals surface area contributed by atoms with Gasteiger partial charge in [0.2, 0.25) is 0 Å². The van der Waals surface area contributed by atoms with Crippen molar-refractivity contribution in [3.8, 4) is 10.4 Å². The van der Waals surface area contributed by atoms with Crippen LogP contribution in [0.1, 0.15) is 30.3 Å². The normalized spacial score (nSPS) is 16.3. The molecule has 3 rings (SSSR count). The number of thiazole rings is 1. The fourth-order valence-electron chi connectivity index (χ4n) is 3.00. The lowest BCUT2D eigenvalue weighted by Crippen LogP contribution is -2.43. The molecule has 0 unspecified atom stereocenters. The molecule has 1 amide bonds. The number of hydrogen-bond acceptors (Lipinski definition) is 5. The van der Waals surface area contributed by atoms with Gasteiger partial charge in [0.05, 0.1) is 15.6 Å². The number of aromatic nitrogens is 1. The smallest absolute Gasteiger partial charge is 0.273 e. The highest BCUT2D eigenvalue weighted by Gasteiger charge is 2.32. The molecule has 1 fully saturated rings. The Morgan fingerprint density at radius 3 is 2.54 bits per heavy atom. The van der Waals surface area contributed by atoms with Crippen molar-refractivity contribution in [1.82, 2.24) is 9.88 Å². The molecule has 5 nitrogen and oxygen atoms in total. The zero-order valence-electron chi connectivity index (χ0n) is 13.5. The molecule has 1 aliphatic heterocycles. The number of amides is 1. The van der Waals surface area contributed by atoms with Gasteiger partial charge < -0.3 is 4.90 Å². The Labute approximate surface area is 146 Å². The van der Waals surface area contributed by atoms with E-state index in [0.29, 0.717) is 31.6 Å². The van der Waals surface area contributed by atoms with Crippen molar-refractivity contribution in [2.75, 3.05) is 18.8 Å². The fraction of sp³-hybridized carbons (Fsp3) is 0.412. The molecule has 1 aromatic heterocycles. The molecule has 2 aromatic rings. The van der Waals surface area contributed by atoms with E-state index in [0.717, 1.165) is 10.4 Å². The van der Waals surface area contributed by atoms with Gasteiger partial charge in [0.1, 0.15) is 5.69 Å². The Balaban J connectivity index is 1.75. The Hall–Kier alpha value is -1.73. The molecule has 0 spiro atoms. The predicted molar refractivity (Wildman–Crippen MR) is 95.9 cm³/mol. The Morgan fingerprint density at radius 2 is 1.92 bits per heavy atom. The van der Waals surface area contributed by atoms with Crippen molar-refractivity contribution in [1.29, 1.82) is 0 Å². The van der Waals surface area contributed by atoms with Crippen LogP contribution in [0.4, 0.5) is 0 Å². The Kier molecular flexibility index (Phi) is 5.01. The molecule has 0 radical (unpaired) electrons. The minimum atomic E-state index is -3.03. The zero-order valence-corrected chi connectivity index (χ0v) is 15.1. The van der Waals surface area contributed by atoms with Crippen molar-refractivity contribution >= 4 is 27.1 Å². The SMILES string of the molecule is CCS(=O)(=O)C1CCN(C(=O)c2ncsc2-c2ccccc2)CC1. The lowest BCUT2D eigenvalue weighted by molar-refractivity contribution is 0.0721. The van der Waals surface area contributed by atoms with Gasteiger partial charge in [0, 0.05) is 18.8 Å². The molecule has 1 saturated heterocycles. The number of carbonyl (C=O) groups excluding carboxylic acids is 1. The number of sulfone groups is 1. The first-order valence-electron chi connectivity index (χ1n) is 8.02. The number of carbonyl (C=O) groups is 1. The molecule has 0 atom stereocenters. The van der Waals surface area contributed by atoms with Gasteiger partial charge in [-0.2, -0.15) is 0 Å². The Morgan fingerprint density at radius 1 is 1.25 bits per heavy atom. The number of rotatable bonds is 4. The van der Waals surface area contributed by atoms with E-state index in [2.05, 4.69) is 4.98 Å². The molecule has 128 valence electrons. The first-order valence-corrected chi connectivity index (χ1v) is 10.6. The summed E-state index contributed by atoms with van der Waals surface area (Å²) in [5.74, 6) is 0.0537. The van der Waals surface area contributed by atoms with E-state index < -0.39 is 9.84 Å². The summed E-state index contributed by atoms with van der Waals surface area (Å²) < 4.78 is 24.0. The molecule has 0 bridgehead atoms. The van der Waals surface area contributed by atoms with Crippen LogP contribution in [0.15, 0.2) is 35.8 Å². The van der Waals surface area contributed by atoms with Gasteiger partial charge in [0.25, 0.3) is 5.91 Å². The monoisotopic (exact) mass is 364 g/mol. The minimum absolute atomic E-state index is 0.109. The molecule has 0 aliphatic carbocycles. The van der Waals surface area contributed by atoms with Crippen LogP contribution >= 0.6 is 11.3 Å². The highest BCUT2D eigenvalue weighted by Crippen LogP contribution is 2.29. The van der Waals surface area contributed by atoms with Crippen molar-refractivity contribution in [3.05, 3.63) is 41.5 Å². The lowest BCUT2D eigenvalue weighted by Gasteiger charge is -2.31. The highest BCUT2D eigenvalue weighted by molar-refractivity contribution is 7.92. The molecular weight excluding hydrogens is 344 g/mol. The number of piperidine rings is 1. The van der Waals surface area contributed by atoms with Crippen LogP contribution in [-0.4, -0.2) is 48.3 Å². The summed E-state index contributed by atoms with van der Waals surface area (Å²) in [5.41, 5.74) is 3.12. The summed E-state index contributed by atoms with van der Waals surface area (Å²) in [5, 5.41) is -0.324. The Bertz CT molecular complexity index is 807. The maximum absolute atomic E-state index is 12.8. The van der Waals surface area contributed by atoms with Gasteiger partial charge in [-0.3, -0.25) is 4.79 Å². The van der Waals surface area contributed by atoms with Crippen LogP contribution in [0.2, 0.25) is 0 Å². The van der Waals surface area contributed by atoms with Crippen LogP contribution in [0.3, 0.4) is 0 Å². The molecule has 7 heteroatoms. The van der Waals surface area contributed by atoms with Crippen molar-refractivity contribution < 1.29 is 13.2 Å². The fourth-order valence-corrected chi connectivity index (χ4v) is 5.18. The van der Waals surface area contributed by atoms with E-state index in [4.69, 9.17) is 0 Å². The van der Waals surface area contributed by atoms with Crippen LogP contribution in [-0.2, 0) is 9.84 Å². The first-order chi connectivity index (χ1) is 11.5. The van der Waals surface area contributed by atoms with E-state index in [1.165, 1.54) is 11.3 Å². The van der Waals surface area contributed by atoms with Crippen molar-refractivity contribution in [2.24, 2.45) is 0 Å². The second-order valence-electron chi connectivity index (χ2n) is 5.84. The quantitative estimate of drug-likeness (QED) is 0.837. The summed E-state index contributed by atoms with van der Waals surface area (Å²) in [6, 6.07) is 9.73. The zero-order chi connectivity index (χ0) is 17.2. The van der Waals surface area contributed by atoms with Crippen molar-refractivity contribution in [3.63, 3.8) is 0 Å². The third-order valence-electron chi connectivity index (χ3n) is 4.45. The molecule has 1 aromatic carbocycles. The summed E-state index contributed by atoms with van der Waals surface area (Å²) >= 11 is 1.45. The third kappa shape index (κ3) is 3.37. The molecule has 24 heavy (non-hydrogen) atoms. The average Bonchev–Trinajstić information content (AvgIpc) is 3.11. The van der Waals surface area contributed by atoms with Crippen LogP contribution in [0, 0.1) is 0 Å². The first kappa shape index (κ1) is 17.1. The van der Waals surface area contributed by atoms with E-state index in [1.54, 1.807) is 17.3 Å². The predicted octanol–water partition coefficient (Wildman–Crippen LogP) is 2.85. The summed E-state index contributed by atoms with van der Waals surface area (Å²) in [6.45, 7) is 2.61. The van der Waals surface area contributed by atoms with E-state index in [1.807, 2.05) is 30.3 Å². The van der Waals surface area contributed by atoms with Gasteiger partial charge in [0.15, 0.2) is 9.84 Å². The molecule has 0 N–H and O–H groups in total. The van der Waals surface area contributed by atoms with Gasteiger partial charge in [-0.1, -0.05) is 37.3 Å². The highest BCUT2D eigenvalue weighted by atomic mass is 32.2. The minimum Gasteiger partial charge on any atom is -0.337 e. The van der Waals surface area contributed by atoms with Gasteiger partial charge >= 0.3 is 0 Å². The van der Waals surface area contributed by atoms with E-state index in [-0.39, 0.29) is 16.9 Å². The number of benzene rings is 1. The van der Waals surface area contributed by atoms with E-state index in [9.17, 15) is 13.2 Å². The second-order valence-corrected chi connectivity index (χ2v) is 9.26. The number of likely N-dealkylation sites (tertiary alicyclic amines) is 1. The number of hydrogen-bond donors (Lipinski definition) is 0.